The standard InChI is InChI=1S/C25H22O2/c1-18-15-24(27-17-19-9-5-3-6-10-19)23-16-21(26-2)13-14-22(23)25(18)20-11-7-4-8-12-20/h3-16H,17H2,1-2H3. The van der Waals surface area contributed by atoms with Crippen LogP contribution >= 0.6 is 0 Å². The molecule has 0 fully saturated rings. The number of ether oxygens (including phenoxy) is 2. The minimum atomic E-state index is 0.539. The third kappa shape index (κ3) is 3.52. The molecule has 0 N–H and O–H groups in total. The highest BCUT2D eigenvalue weighted by Gasteiger charge is 2.13. The average Bonchev–Trinajstić information content (AvgIpc) is 2.73. The Balaban J connectivity index is 1.84. The molecular weight excluding hydrogens is 332 g/mol. The van der Waals surface area contributed by atoms with Crippen molar-refractivity contribution in [1.82, 2.24) is 0 Å². The van der Waals surface area contributed by atoms with E-state index in [0.29, 0.717) is 6.61 Å². The molecule has 0 aromatic heterocycles. The molecule has 0 amide bonds. The second-order valence-corrected chi connectivity index (χ2v) is 6.62. The Morgan fingerprint density at radius 2 is 1.44 bits per heavy atom. The maximum atomic E-state index is 6.22. The van der Waals surface area contributed by atoms with Gasteiger partial charge in [0.25, 0.3) is 0 Å². The molecule has 2 heteroatoms. The first-order valence-electron chi connectivity index (χ1n) is 9.10. The van der Waals surface area contributed by atoms with Crippen LogP contribution in [0.15, 0.2) is 84.9 Å². The highest BCUT2D eigenvalue weighted by molar-refractivity contribution is 6.02. The van der Waals surface area contributed by atoms with Crippen LogP contribution in [0.2, 0.25) is 0 Å². The molecule has 0 heterocycles. The van der Waals surface area contributed by atoms with Crippen LogP contribution < -0.4 is 9.47 Å². The molecule has 0 saturated heterocycles. The van der Waals surface area contributed by atoms with Crippen LogP contribution in [0.1, 0.15) is 11.1 Å². The normalized spacial score (nSPS) is 10.7. The number of fused-ring (bicyclic) bond motifs is 1. The molecular formula is C25H22O2. The van der Waals surface area contributed by atoms with E-state index in [-0.39, 0.29) is 0 Å². The van der Waals surface area contributed by atoms with Gasteiger partial charge in [0.15, 0.2) is 0 Å². The van der Waals surface area contributed by atoms with Crippen LogP contribution in [0.5, 0.6) is 11.5 Å². The lowest BCUT2D eigenvalue weighted by Gasteiger charge is -2.17. The summed E-state index contributed by atoms with van der Waals surface area (Å²) in [7, 11) is 1.69. The van der Waals surface area contributed by atoms with Crippen LogP contribution in [-0.2, 0) is 6.61 Å². The Morgan fingerprint density at radius 3 is 2.15 bits per heavy atom. The van der Waals surface area contributed by atoms with Gasteiger partial charge in [0.2, 0.25) is 0 Å². The fourth-order valence-corrected chi connectivity index (χ4v) is 3.47. The Kier molecular flexibility index (Phi) is 4.80. The van der Waals surface area contributed by atoms with Gasteiger partial charge >= 0.3 is 0 Å². The maximum absolute atomic E-state index is 6.22. The first-order chi connectivity index (χ1) is 13.3. The summed E-state index contributed by atoms with van der Waals surface area (Å²) in [5.41, 5.74) is 4.79. The van der Waals surface area contributed by atoms with Gasteiger partial charge in [-0.05, 0) is 58.8 Å². The van der Waals surface area contributed by atoms with Gasteiger partial charge in [-0.25, -0.2) is 0 Å². The minimum absolute atomic E-state index is 0.539. The summed E-state index contributed by atoms with van der Waals surface area (Å²) >= 11 is 0. The monoisotopic (exact) mass is 354 g/mol. The van der Waals surface area contributed by atoms with Gasteiger partial charge in [-0.3, -0.25) is 0 Å². The van der Waals surface area contributed by atoms with Gasteiger partial charge < -0.3 is 9.47 Å². The summed E-state index contributed by atoms with van der Waals surface area (Å²) in [6.07, 6.45) is 0. The molecule has 0 spiro atoms. The number of benzene rings is 4. The molecule has 2 nitrogen and oxygen atoms in total. The minimum Gasteiger partial charge on any atom is -0.497 e. The fourth-order valence-electron chi connectivity index (χ4n) is 3.47. The van der Waals surface area contributed by atoms with Crippen molar-refractivity contribution in [2.24, 2.45) is 0 Å². The SMILES string of the molecule is COc1ccc2c(-c3ccccc3)c(C)cc(OCc3ccccc3)c2c1. The third-order valence-corrected chi connectivity index (χ3v) is 4.80. The van der Waals surface area contributed by atoms with Crippen molar-refractivity contribution in [3.05, 3.63) is 96.1 Å². The molecule has 4 rings (SSSR count). The number of rotatable bonds is 5. The molecule has 0 saturated carbocycles. The number of hydrogen-bond donors (Lipinski definition) is 0. The van der Waals surface area contributed by atoms with E-state index in [1.807, 2.05) is 30.3 Å². The zero-order valence-corrected chi connectivity index (χ0v) is 15.6. The fraction of sp³-hybridized carbons (Fsp3) is 0.120. The second-order valence-electron chi connectivity index (χ2n) is 6.62. The first kappa shape index (κ1) is 17.2. The van der Waals surface area contributed by atoms with Crippen LogP contribution in [-0.4, -0.2) is 7.11 Å². The van der Waals surface area contributed by atoms with Crippen LogP contribution in [0, 0.1) is 6.92 Å². The highest BCUT2D eigenvalue weighted by Crippen LogP contribution is 2.39. The summed E-state index contributed by atoms with van der Waals surface area (Å²) < 4.78 is 11.7. The molecule has 0 aliphatic carbocycles. The molecule has 134 valence electrons. The lowest BCUT2D eigenvalue weighted by atomic mass is 9.93. The Bertz CT molecular complexity index is 1050. The van der Waals surface area contributed by atoms with E-state index in [2.05, 4.69) is 61.5 Å². The van der Waals surface area contributed by atoms with Gasteiger partial charge in [-0.2, -0.15) is 0 Å². The van der Waals surface area contributed by atoms with Crippen molar-refractivity contribution >= 4 is 10.8 Å². The van der Waals surface area contributed by atoms with Crippen molar-refractivity contribution in [2.45, 2.75) is 13.5 Å². The zero-order valence-electron chi connectivity index (χ0n) is 15.6. The Labute approximate surface area is 160 Å². The van der Waals surface area contributed by atoms with Gasteiger partial charge in [0, 0.05) is 5.39 Å². The van der Waals surface area contributed by atoms with Gasteiger partial charge in [0.1, 0.15) is 18.1 Å². The molecule has 0 radical (unpaired) electrons. The zero-order chi connectivity index (χ0) is 18.6. The van der Waals surface area contributed by atoms with Crippen molar-refractivity contribution in [3.8, 4) is 22.6 Å². The van der Waals surface area contributed by atoms with Crippen molar-refractivity contribution in [3.63, 3.8) is 0 Å². The summed E-state index contributed by atoms with van der Waals surface area (Å²) in [5, 5.41) is 2.24. The molecule has 0 aliphatic rings. The Hall–Kier alpha value is -3.26. The second kappa shape index (κ2) is 7.55. The van der Waals surface area contributed by atoms with E-state index in [9.17, 15) is 0 Å². The largest absolute Gasteiger partial charge is 0.497 e. The molecule has 0 aliphatic heterocycles. The van der Waals surface area contributed by atoms with E-state index >= 15 is 0 Å². The number of methoxy groups -OCH3 is 1. The van der Waals surface area contributed by atoms with Crippen LogP contribution in [0.3, 0.4) is 0 Å². The summed E-state index contributed by atoms with van der Waals surface area (Å²) in [5.74, 6) is 1.71. The molecule has 0 atom stereocenters. The van der Waals surface area contributed by atoms with E-state index < -0.39 is 0 Å². The van der Waals surface area contributed by atoms with E-state index in [1.54, 1.807) is 7.11 Å². The lowest BCUT2D eigenvalue weighted by Crippen LogP contribution is -1.98. The Morgan fingerprint density at radius 1 is 0.741 bits per heavy atom. The first-order valence-corrected chi connectivity index (χ1v) is 9.10. The highest BCUT2D eigenvalue weighted by atomic mass is 16.5. The van der Waals surface area contributed by atoms with Crippen LogP contribution in [0.25, 0.3) is 21.9 Å². The van der Waals surface area contributed by atoms with E-state index in [0.717, 1.165) is 22.4 Å². The molecule has 4 aromatic carbocycles. The summed E-state index contributed by atoms with van der Waals surface area (Å²) in [6, 6.07) is 29.0. The lowest BCUT2D eigenvalue weighted by molar-refractivity contribution is 0.310. The van der Waals surface area contributed by atoms with E-state index in [1.165, 1.54) is 22.1 Å². The average molecular weight is 354 g/mol. The maximum Gasteiger partial charge on any atom is 0.128 e. The van der Waals surface area contributed by atoms with Gasteiger partial charge in [0.05, 0.1) is 7.11 Å². The molecule has 0 bridgehead atoms. The van der Waals surface area contributed by atoms with Gasteiger partial charge in [-0.1, -0.05) is 60.7 Å². The number of hydrogen-bond acceptors (Lipinski definition) is 2. The van der Waals surface area contributed by atoms with Crippen molar-refractivity contribution in [2.75, 3.05) is 7.11 Å². The quantitative estimate of drug-likeness (QED) is 0.413. The van der Waals surface area contributed by atoms with E-state index in [4.69, 9.17) is 9.47 Å². The topological polar surface area (TPSA) is 18.5 Å². The van der Waals surface area contributed by atoms with Crippen LogP contribution in [0.4, 0.5) is 0 Å². The number of aryl methyl sites for hydroxylation is 1. The smallest absolute Gasteiger partial charge is 0.128 e. The van der Waals surface area contributed by atoms with Crippen molar-refractivity contribution < 1.29 is 9.47 Å². The van der Waals surface area contributed by atoms with Crippen molar-refractivity contribution in [1.29, 1.82) is 0 Å². The van der Waals surface area contributed by atoms with Gasteiger partial charge in [-0.15, -0.1) is 0 Å². The predicted molar refractivity (Wildman–Crippen MR) is 111 cm³/mol. The molecule has 27 heavy (non-hydrogen) atoms. The predicted octanol–water partition coefficient (Wildman–Crippen LogP) is 6.40. The third-order valence-electron chi connectivity index (χ3n) is 4.80. The summed E-state index contributed by atoms with van der Waals surface area (Å²) in [4.78, 5) is 0. The summed E-state index contributed by atoms with van der Waals surface area (Å²) in [6.45, 7) is 2.68. The molecule has 0 unspecified atom stereocenters. The molecule has 4 aromatic rings.